The molecule has 0 spiro atoms. The number of benzene rings is 1. The molecule has 2 unspecified atom stereocenters. The van der Waals surface area contributed by atoms with E-state index in [4.69, 9.17) is 0 Å². The highest BCUT2D eigenvalue weighted by Gasteiger charge is 2.26. The van der Waals surface area contributed by atoms with Gasteiger partial charge in [0.25, 0.3) is 0 Å². The fourth-order valence-electron chi connectivity index (χ4n) is 2.08. The Kier molecular flexibility index (Phi) is 3.99. The third kappa shape index (κ3) is 3.20. The van der Waals surface area contributed by atoms with E-state index in [2.05, 4.69) is 10.6 Å². The molecule has 19 heavy (non-hydrogen) atoms. The van der Waals surface area contributed by atoms with Gasteiger partial charge in [-0.2, -0.15) is 0 Å². The number of hydrogen-bond acceptors (Lipinski definition) is 2. The highest BCUT2D eigenvalue weighted by atomic mass is 19.1. The van der Waals surface area contributed by atoms with Crippen LogP contribution >= 0.6 is 0 Å². The molecular weight excluding hydrogens is 252 g/mol. The maximum atomic E-state index is 13.5. The lowest BCUT2D eigenvalue weighted by Gasteiger charge is -2.37. The van der Waals surface area contributed by atoms with Gasteiger partial charge in [-0.15, -0.1) is 0 Å². The molecule has 2 atom stereocenters. The summed E-state index contributed by atoms with van der Waals surface area (Å²) in [6.45, 7) is 5.14. The van der Waals surface area contributed by atoms with Crippen molar-refractivity contribution in [2.24, 2.45) is 0 Å². The fraction of sp³-hybridized carbons (Fsp3) is 0.462. The zero-order valence-corrected chi connectivity index (χ0v) is 10.9. The van der Waals surface area contributed by atoms with Crippen molar-refractivity contribution in [1.29, 1.82) is 0 Å². The third-order valence-corrected chi connectivity index (χ3v) is 3.20. The molecule has 1 aromatic rings. The zero-order chi connectivity index (χ0) is 14.0. The Bertz CT molecular complexity index is 481. The summed E-state index contributed by atoms with van der Waals surface area (Å²) >= 11 is 0. The summed E-state index contributed by atoms with van der Waals surface area (Å²) in [7, 11) is 0. The average molecular weight is 269 g/mol. The van der Waals surface area contributed by atoms with Crippen molar-refractivity contribution in [2.75, 3.05) is 18.4 Å². The van der Waals surface area contributed by atoms with Crippen molar-refractivity contribution >= 4 is 11.7 Å². The van der Waals surface area contributed by atoms with Crippen LogP contribution in [0.1, 0.15) is 13.8 Å². The first kappa shape index (κ1) is 13.7. The van der Waals surface area contributed by atoms with Crippen molar-refractivity contribution in [3.05, 3.63) is 29.8 Å². The van der Waals surface area contributed by atoms with Gasteiger partial charge in [0.15, 0.2) is 0 Å². The van der Waals surface area contributed by atoms with E-state index in [1.807, 2.05) is 13.8 Å². The number of urea groups is 1. The normalized spacial score (nSPS) is 23.3. The van der Waals surface area contributed by atoms with Crippen LogP contribution in [-0.2, 0) is 0 Å². The van der Waals surface area contributed by atoms with Crippen molar-refractivity contribution in [2.45, 2.75) is 25.9 Å². The maximum absolute atomic E-state index is 13.5. The first-order valence-electron chi connectivity index (χ1n) is 6.23. The van der Waals surface area contributed by atoms with Gasteiger partial charge >= 0.3 is 6.03 Å². The monoisotopic (exact) mass is 269 g/mol. The van der Waals surface area contributed by atoms with Crippen molar-refractivity contribution in [3.63, 3.8) is 0 Å². The summed E-state index contributed by atoms with van der Waals surface area (Å²) < 4.78 is 26.2. The van der Waals surface area contributed by atoms with E-state index in [1.165, 1.54) is 6.07 Å². The number of piperazine rings is 1. The molecule has 2 N–H and O–H groups in total. The molecule has 1 aromatic carbocycles. The Morgan fingerprint density at radius 3 is 2.84 bits per heavy atom. The summed E-state index contributed by atoms with van der Waals surface area (Å²) in [5.41, 5.74) is -0.00946. The maximum Gasteiger partial charge on any atom is 0.322 e. The lowest BCUT2D eigenvalue weighted by atomic mass is 10.1. The fourth-order valence-corrected chi connectivity index (χ4v) is 2.08. The molecule has 1 saturated heterocycles. The van der Waals surface area contributed by atoms with Crippen LogP contribution in [0, 0.1) is 11.6 Å². The molecule has 0 radical (unpaired) electrons. The molecule has 1 fully saturated rings. The number of amides is 2. The number of carbonyl (C=O) groups excluding carboxylic acids is 1. The van der Waals surface area contributed by atoms with Gasteiger partial charge in [-0.25, -0.2) is 13.6 Å². The van der Waals surface area contributed by atoms with Crippen LogP contribution in [0.3, 0.4) is 0 Å². The Balaban J connectivity index is 2.07. The number of carbonyl (C=O) groups is 1. The van der Waals surface area contributed by atoms with E-state index in [0.717, 1.165) is 12.1 Å². The summed E-state index contributed by atoms with van der Waals surface area (Å²) in [5, 5.41) is 5.73. The predicted molar refractivity (Wildman–Crippen MR) is 69.0 cm³/mol. The number of rotatable bonds is 1. The van der Waals surface area contributed by atoms with Gasteiger partial charge in [0.1, 0.15) is 11.6 Å². The van der Waals surface area contributed by atoms with Crippen LogP contribution in [0.2, 0.25) is 0 Å². The first-order chi connectivity index (χ1) is 8.97. The Labute approximate surface area is 110 Å². The van der Waals surface area contributed by atoms with Gasteiger partial charge in [-0.05, 0) is 26.0 Å². The predicted octanol–water partition coefficient (Wildman–Crippen LogP) is 2.18. The molecule has 2 rings (SSSR count). The second-order valence-corrected chi connectivity index (χ2v) is 4.86. The molecular formula is C13H17F2N3O. The molecule has 1 aliphatic heterocycles. The number of halogens is 2. The Hall–Kier alpha value is -1.69. The zero-order valence-electron chi connectivity index (χ0n) is 10.9. The molecule has 1 heterocycles. The first-order valence-corrected chi connectivity index (χ1v) is 6.23. The van der Waals surface area contributed by atoms with Gasteiger partial charge in [0.05, 0.1) is 5.69 Å². The number of anilines is 1. The highest BCUT2D eigenvalue weighted by molar-refractivity contribution is 5.89. The molecule has 0 bridgehead atoms. The molecule has 0 aromatic heterocycles. The summed E-state index contributed by atoms with van der Waals surface area (Å²) in [4.78, 5) is 13.7. The molecule has 4 nitrogen and oxygen atoms in total. The molecule has 104 valence electrons. The van der Waals surface area contributed by atoms with E-state index in [1.54, 1.807) is 4.90 Å². The SMILES string of the molecule is CC1CN(C(=O)Nc2ccc(F)cc2F)C(C)CN1. The molecule has 6 heteroatoms. The minimum atomic E-state index is -0.774. The van der Waals surface area contributed by atoms with Gasteiger partial charge in [0.2, 0.25) is 0 Å². The molecule has 0 aliphatic carbocycles. The van der Waals surface area contributed by atoms with E-state index in [9.17, 15) is 13.6 Å². The van der Waals surface area contributed by atoms with Crippen molar-refractivity contribution < 1.29 is 13.6 Å². The van der Waals surface area contributed by atoms with Crippen LogP contribution in [-0.4, -0.2) is 36.1 Å². The van der Waals surface area contributed by atoms with E-state index < -0.39 is 11.6 Å². The largest absolute Gasteiger partial charge is 0.322 e. The van der Waals surface area contributed by atoms with Crippen LogP contribution in [0.5, 0.6) is 0 Å². The van der Waals surface area contributed by atoms with Gasteiger partial charge in [0, 0.05) is 31.2 Å². The summed E-state index contributed by atoms with van der Waals surface area (Å²) in [6.07, 6.45) is 0. The minimum absolute atomic E-state index is 0.00946. The van der Waals surface area contributed by atoms with E-state index >= 15 is 0 Å². The van der Waals surface area contributed by atoms with Crippen LogP contribution in [0.15, 0.2) is 18.2 Å². The van der Waals surface area contributed by atoms with Crippen molar-refractivity contribution in [1.82, 2.24) is 10.2 Å². The topological polar surface area (TPSA) is 44.4 Å². The Morgan fingerprint density at radius 2 is 2.16 bits per heavy atom. The average Bonchev–Trinajstić information content (AvgIpc) is 2.35. The van der Waals surface area contributed by atoms with Gasteiger partial charge in [-0.1, -0.05) is 0 Å². The highest BCUT2D eigenvalue weighted by Crippen LogP contribution is 2.17. The minimum Gasteiger partial charge on any atom is -0.319 e. The number of nitrogens with zero attached hydrogens (tertiary/aromatic N) is 1. The van der Waals surface area contributed by atoms with E-state index in [-0.39, 0.29) is 23.8 Å². The van der Waals surface area contributed by atoms with Crippen molar-refractivity contribution in [3.8, 4) is 0 Å². The van der Waals surface area contributed by atoms with Gasteiger partial charge in [-0.3, -0.25) is 0 Å². The van der Waals surface area contributed by atoms with Crippen LogP contribution < -0.4 is 10.6 Å². The van der Waals surface area contributed by atoms with E-state index in [0.29, 0.717) is 13.1 Å². The van der Waals surface area contributed by atoms with Crippen LogP contribution in [0.4, 0.5) is 19.3 Å². The second kappa shape index (κ2) is 5.52. The van der Waals surface area contributed by atoms with Crippen LogP contribution in [0.25, 0.3) is 0 Å². The number of nitrogens with one attached hydrogen (secondary N) is 2. The summed E-state index contributed by atoms with van der Waals surface area (Å²) in [6, 6.07) is 2.94. The number of hydrogen-bond donors (Lipinski definition) is 2. The lowest BCUT2D eigenvalue weighted by Crippen LogP contribution is -2.57. The molecule has 0 saturated carbocycles. The third-order valence-electron chi connectivity index (χ3n) is 3.20. The Morgan fingerprint density at radius 1 is 1.42 bits per heavy atom. The lowest BCUT2D eigenvalue weighted by molar-refractivity contribution is 0.161. The molecule has 2 amide bonds. The second-order valence-electron chi connectivity index (χ2n) is 4.86. The smallest absolute Gasteiger partial charge is 0.319 e. The molecule has 1 aliphatic rings. The summed E-state index contributed by atoms with van der Waals surface area (Å²) in [5.74, 6) is -1.44. The quantitative estimate of drug-likeness (QED) is 0.820. The standard InChI is InChI=1S/C13H17F2N3O/c1-8-7-18(9(2)6-16-8)13(19)17-12-4-3-10(14)5-11(12)15/h3-5,8-9,16H,6-7H2,1-2H3,(H,17,19). The van der Waals surface area contributed by atoms with Gasteiger partial charge < -0.3 is 15.5 Å².